The standard InChI is InChI=1S/C13H18N2O5/c16-10(5-6-15-11(17)3-4-12(15)18)14(8-13(19)20)7-9-1-2-9/h9H,1-8H2,(H,19,20). The summed E-state index contributed by atoms with van der Waals surface area (Å²) in [6, 6.07) is 0. The van der Waals surface area contributed by atoms with Crippen LogP contribution < -0.4 is 0 Å². The van der Waals surface area contributed by atoms with Crippen LogP contribution in [0.15, 0.2) is 0 Å². The van der Waals surface area contributed by atoms with Crippen molar-refractivity contribution in [2.45, 2.75) is 32.1 Å². The average Bonchev–Trinajstić information content (AvgIpc) is 3.13. The van der Waals surface area contributed by atoms with Crippen molar-refractivity contribution < 1.29 is 24.3 Å². The van der Waals surface area contributed by atoms with Crippen LogP contribution in [0.25, 0.3) is 0 Å². The second-order valence-corrected chi connectivity index (χ2v) is 5.30. The SMILES string of the molecule is O=C(O)CN(CC1CC1)C(=O)CCN1C(=O)CCC1=O. The van der Waals surface area contributed by atoms with Crippen LogP contribution in [-0.2, 0) is 19.2 Å². The van der Waals surface area contributed by atoms with Gasteiger partial charge in [0, 0.05) is 32.4 Å². The minimum atomic E-state index is -1.05. The highest BCUT2D eigenvalue weighted by molar-refractivity contribution is 6.02. The number of carboxylic acid groups (broad SMARTS) is 1. The first kappa shape index (κ1) is 14.5. The Morgan fingerprint density at radius 1 is 1.20 bits per heavy atom. The van der Waals surface area contributed by atoms with E-state index in [4.69, 9.17) is 5.11 Å². The Bertz CT molecular complexity index is 428. The van der Waals surface area contributed by atoms with Gasteiger partial charge in [-0.2, -0.15) is 0 Å². The number of carboxylic acids is 1. The number of likely N-dealkylation sites (tertiary alicyclic amines) is 1. The average molecular weight is 282 g/mol. The van der Waals surface area contributed by atoms with Crippen molar-refractivity contribution in [3.05, 3.63) is 0 Å². The molecule has 0 unspecified atom stereocenters. The molecule has 0 radical (unpaired) electrons. The topological polar surface area (TPSA) is 95.0 Å². The van der Waals surface area contributed by atoms with Crippen molar-refractivity contribution in [3.63, 3.8) is 0 Å². The molecular formula is C13H18N2O5. The number of rotatable bonds is 7. The van der Waals surface area contributed by atoms with Crippen molar-refractivity contribution in [1.29, 1.82) is 0 Å². The third-order valence-electron chi connectivity index (χ3n) is 3.56. The number of amides is 3. The van der Waals surface area contributed by atoms with Crippen LogP contribution in [0, 0.1) is 5.92 Å². The molecule has 3 amide bonds. The van der Waals surface area contributed by atoms with E-state index < -0.39 is 5.97 Å². The third-order valence-corrected chi connectivity index (χ3v) is 3.56. The zero-order valence-electron chi connectivity index (χ0n) is 11.2. The Kier molecular flexibility index (Phi) is 4.36. The fraction of sp³-hybridized carbons (Fsp3) is 0.692. The van der Waals surface area contributed by atoms with Gasteiger partial charge in [0.15, 0.2) is 0 Å². The maximum Gasteiger partial charge on any atom is 0.323 e. The molecule has 0 aromatic rings. The van der Waals surface area contributed by atoms with E-state index in [0.717, 1.165) is 17.7 Å². The normalized spacial score (nSPS) is 18.5. The number of hydrogen-bond donors (Lipinski definition) is 1. The molecule has 2 fully saturated rings. The lowest BCUT2D eigenvalue weighted by atomic mass is 10.3. The van der Waals surface area contributed by atoms with Crippen molar-refractivity contribution in [3.8, 4) is 0 Å². The van der Waals surface area contributed by atoms with Gasteiger partial charge in [0.05, 0.1) is 0 Å². The summed E-state index contributed by atoms with van der Waals surface area (Å²) >= 11 is 0. The molecule has 0 bridgehead atoms. The number of hydrogen-bond acceptors (Lipinski definition) is 4. The monoisotopic (exact) mass is 282 g/mol. The smallest absolute Gasteiger partial charge is 0.323 e. The lowest BCUT2D eigenvalue weighted by Gasteiger charge is -2.22. The zero-order chi connectivity index (χ0) is 14.7. The first-order valence-electron chi connectivity index (χ1n) is 6.80. The number of carbonyl (C=O) groups is 4. The molecule has 0 atom stereocenters. The molecule has 0 aromatic heterocycles. The van der Waals surface area contributed by atoms with Gasteiger partial charge in [-0.25, -0.2) is 0 Å². The molecule has 7 nitrogen and oxygen atoms in total. The van der Waals surface area contributed by atoms with Gasteiger partial charge in [-0.1, -0.05) is 0 Å². The Morgan fingerprint density at radius 2 is 1.80 bits per heavy atom. The van der Waals surface area contributed by atoms with Gasteiger partial charge in [-0.3, -0.25) is 24.1 Å². The van der Waals surface area contributed by atoms with E-state index in [-0.39, 0.29) is 50.1 Å². The van der Waals surface area contributed by atoms with Crippen molar-refractivity contribution in [2.24, 2.45) is 5.92 Å². The maximum absolute atomic E-state index is 12.0. The van der Waals surface area contributed by atoms with Crippen LogP contribution in [0.3, 0.4) is 0 Å². The highest BCUT2D eigenvalue weighted by Gasteiger charge is 2.31. The van der Waals surface area contributed by atoms with E-state index in [1.54, 1.807) is 0 Å². The highest BCUT2D eigenvalue weighted by atomic mass is 16.4. The molecule has 7 heteroatoms. The molecule has 1 saturated carbocycles. The number of aliphatic carboxylic acids is 1. The lowest BCUT2D eigenvalue weighted by molar-refractivity contribution is -0.146. The van der Waals surface area contributed by atoms with Gasteiger partial charge in [0.1, 0.15) is 6.54 Å². The first-order chi connectivity index (χ1) is 9.47. The summed E-state index contributed by atoms with van der Waals surface area (Å²) in [7, 11) is 0. The Morgan fingerprint density at radius 3 is 2.30 bits per heavy atom. The van der Waals surface area contributed by atoms with Crippen LogP contribution in [-0.4, -0.2) is 58.2 Å². The largest absolute Gasteiger partial charge is 0.480 e. The van der Waals surface area contributed by atoms with Gasteiger partial charge in [-0.15, -0.1) is 0 Å². The van der Waals surface area contributed by atoms with E-state index in [9.17, 15) is 19.2 Å². The Balaban J connectivity index is 1.85. The summed E-state index contributed by atoms with van der Waals surface area (Å²) < 4.78 is 0. The summed E-state index contributed by atoms with van der Waals surface area (Å²) in [6.45, 7) is 0.182. The van der Waals surface area contributed by atoms with Gasteiger partial charge in [-0.05, 0) is 18.8 Å². The molecule has 20 heavy (non-hydrogen) atoms. The minimum absolute atomic E-state index is 0.00250. The van der Waals surface area contributed by atoms with Crippen LogP contribution in [0.5, 0.6) is 0 Å². The molecule has 1 aliphatic heterocycles. The van der Waals surface area contributed by atoms with Crippen LogP contribution in [0.4, 0.5) is 0 Å². The highest BCUT2D eigenvalue weighted by Crippen LogP contribution is 2.29. The van der Waals surface area contributed by atoms with E-state index in [0.29, 0.717) is 12.5 Å². The van der Waals surface area contributed by atoms with Crippen LogP contribution >= 0.6 is 0 Å². The molecule has 2 aliphatic rings. The third kappa shape index (κ3) is 3.79. The van der Waals surface area contributed by atoms with E-state index >= 15 is 0 Å². The predicted octanol–water partition coefficient (Wildman–Crippen LogP) is -0.151. The molecule has 1 heterocycles. The molecule has 0 aromatic carbocycles. The minimum Gasteiger partial charge on any atom is -0.480 e. The zero-order valence-corrected chi connectivity index (χ0v) is 11.2. The van der Waals surface area contributed by atoms with Gasteiger partial charge < -0.3 is 10.0 Å². The summed E-state index contributed by atoms with van der Waals surface area (Å²) in [5.74, 6) is -1.47. The van der Waals surface area contributed by atoms with Gasteiger partial charge in [0.2, 0.25) is 17.7 Å². The molecular weight excluding hydrogens is 264 g/mol. The van der Waals surface area contributed by atoms with Gasteiger partial charge in [0.25, 0.3) is 0 Å². The van der Waals surface area contributed by atoms with E-state index in [2.05, 4.69) is 0 Å². The van der Waals surface area contributed by atoms with Crippen molar-refractivity contribution >= 4 is 23.7 Å². The maximum atomic E-state index is 12.0. The predicted molar refractivity (Wildman–Crippen MR) is 67.5 cm³/mol. The second kappa shape index (κ2) is 6.02. The van der Waals surface area contributed by atoms with Gasteiger partial charge >= 0.3 is 5.97 Å². The quantitative estimate of drug-likeness (QED) is 0.655. The fourth-order valence-corrected chi connectivity index (χ4v) is 2.27. The van der Waals surface area contributed by atoms with Crippen molar-refractivity contribution in [1.82, 2.24) is 9.80 Å². The first-order valence-corrected chi connectivity index (χ1v) is 6.80. The summed E-state index contributed by atoms with van der Waals surface area (Å²) in [5, 5.41) is 8.82. The lowest BCUT2D eigenvalue weighted by Crippen LogP contribution is -2.40. The summed E-state index contributed by atoms with van der Waals surface area (Å²) in [5.41, 5.74) is 0. The summed E-state index contributed by atoms with van der Waals surface area (Å²) in [6.07, 6.45) is 2.44. The molecule has 1 N–H and O–H groups in total. The van der Waals surface area contributed by atoms with E-state index in [1.165, 1.54) is 4.90 Å². The summed E-state index contributed by atoms with van der Waals surface area (Å²) in [4.78, 5) is 48.0. The molecule has 110 valence electrons. The molecule has 1 saturated heterocycles. The Labute approximate surface area is 116 Å². The number of imide groups is 1. The second-order valence-electron chi connectivity index (χ2n) is 5.30. The van der Waals surface area contributed by atoms with Crippen LogP contribution in [0.2, 0.25) is 0 Å². The number of nitrogens with zero attached hydrogens (tertiary/aromatic N) is 2. The molecule has 0 spiro atoms. The van der Waals surface area contributed by atoms with Crippen LogP contribution in [0.1, 0.15) is 32.1 Å². The number of carbonyl (C=O) groups excluding carboxylic acids is 3. The van der Waals surface area contributed by atoms with Crippen molar-refractivity contribution in [2.75, 3.05) is 19.6 Å². The fourth-order valence-electron chi connectivity index (χ4n) is 2.27. The van der Waals surface area contributed by atoms with E-state index in [1.807, 2.05) is 0 Å². The molecule has 2 rings (SSSR count). The Hall–Kier alpha value is -1.92. The molecule has 1 aliphatic carbocycles.